The lowest BCUT2D eigenvalue weighted by atomic mass is 9.88. The molecule has 239 valence electrons. The zero-order valence-corrected chi connectivity index (χ0v) is 28.1. The van der Waals surface area contributed by atoms with E-state index in [1.807, 2.05) is 0 Å². The summed E-state index contributed by atoms with van der Waals surface area (Å²) in [6.45, 7) is 0. The number of benzene rings is 6. The lowest BCUT2D eigenvalue weighted by Crippen LogP contribution is -1.97. The lowest BCUT2D eigenvalue weighted by Gasteiger charge is -2.16. The molecule has 7 aromatic rings. The van der Waals surface area contributed by atoms with Gasteiger partial charge in [-0.3, -0.25) is 0 Å². The zero-order valence-electron chi connectivity index (χ0n) is 28.1. The fourth-order valence-electron chi connectivity index (χ4n) is 7.78. The summed E-state index contributed by atoms with van der Waals surface area (Å²) < 4.78 is 2.36. The second-order valence-corrected chi connectivity index (χ2v) is 13.6. The van der Waals surface area contributed by atoms with Gasteiger partial charge in [-0.15, -0.1) is 0 Å². The molecule has 0 unspecified atom stereocenters. The first-order valence-corrected chi connectivity index (χ1v) is 17.7. The second kappa shape index (κ2) is 12.2. The number of aromatic nitrogens is 1. The van der Waals surface area contributed by atoms with E-state index in [1.54, 1.807) is 0 Å². The van der Waals surface area contributed by atoms with Gasteiger partial charge in [0.25, 0.3) is 0 Å². The van der Waals surface area contributed by atoms with Crippen molar-refractivity contribution in [3.8, 4) is 16.9 Å². The first-order valence-electron chi connectivity index (χ1n) is 17.7. The summed E-state index contributed by atoms with van der Waals surface area (Å²) in [6, 6.07) is 59.3. The third-order valence-electron chi connectivity index (χ3n) is 10.5. The van der Waals surface area contributed by atoms with Crippen molar-refractivity contribution < 1.29 is 0 Å². The van der Waals surface area contributed by atoms with Crippen molar-refractivity contribution in [3.63, 3.8) is 0 Å². The number of allylic oxidation sites excluding steroid dienone is 9. The minimum absolute atomic E-state index is 0.924. The van der Waals surface area contributed by atoms with Crippen LogP contribution in [0.4, 0.5) is 0 Å². The highest BCUT2D eigenvalue weighted by atomic mass is 15.0. The number of para-hydroxylation sites is 2. The van der Waals surface area contributed by atoms with E-state index in [0.717, 1.165) is 6.42 Å². The maximum atomic E-state index is 2.38. The molecule has 1 heterocycles. The van der Waals surface area contributed by atoms with Crippen molar-refractivity contribution in [2.24, 2.45) is 0 Å². The largest absolute Gasteiger partial charge is 0.309 e. The predicted octanol–water partition coefficient (Wildman–Crippen LogP) is 12.5. The van der Waals surface area contributed by atoms with Crippen molar-refractivity contribution >= 4 is 39.3 Å². The van der Waals surface area contributed by atoms with Gasteiger partial charge in [-0.1, -0.05) is 164 Å². The molecule has 0 aliphatic heterocycles. The highest BCUT2D eigenvalue weighted by Gasteiger charge is 2.35. The number of rotatable bonds is 6. The smallest absolute Gasteiger partial charge is 0.0570 e. The maximum Gasteiger partial charge on any atom is 0.0570 e. The van der Waals surface area contributed by atoms with Gasteiger partial charge in [-0.2, -0.15) is 0 Å². The zero-order chi connectivity index (χ0) is 33.7. The Morgan fingerprint density at radius 1 is 0.431 bits per heavy atom. The van der Waals surface area contributed by atoms with Crippen molar-refractivity contribution in [2.45, 2.75) is 6.42 Å². The molecule has 0 amide bonds. The van der Waals surface area contributed by atoms with E-state index in [2.05, 4.69) is 199 Å². The molecule has 6 aromatic carbocycles. The Morgan fingerprint density at radius 2 is 1.06 bits per heavy atom. The molecular weight excluding hydrogens is 615 g/mol. The molecule has 3 aliphatic carbocycles. The average Bonchev–Trinajstić information content (AvgIpc) is 3.95. The number of nitrogens with zero attached hydrogens (tertiary/aromatic N) is 1. The summed E-state index contributed by atoms with van der Waals surface area (Å²) in [5.41, 5.74) is 19.0. The van der Waals surface area contributed by atoms with Gasteiger partial charge in [0.15, 0.2) is 0 Å². The molecule has 1 aromatic heterocycles. The first-order chi connectivity index (χ1) is 25.3. The van der Waals surface area contributed by atoms with Gasteiger partial charge in [-0.25, -0.2) is 0 Å². The summed E-state index contributed by atoms with van der Waals surface area (Å²) in [6.07, 6.45) is 12.6. The van der Waals surface area contributed by atoms with Crippen LogP contribution in [-0.2, 0) is 6.42 Å². The second-order valence-electron chi connectivity index (χ2n) is 13.6. The first kappa shape index (κ1) is 29.5. The highest BCUT2D eigenvalue weighted by molar-refractivity contribution is 6.06. The normalized spacial score (nSPS) is 15.1. The molecule has 10 rings (SSSR count). The Labute approximate surface area is 299 Å². The summed E-state index contributed by atoms with van der Waals surface area (Å²) in [5.74, 6) is 1.35. The minimum Gasteiger partial charge on any atom is -0.309 e. The van der Waals surface area contributed by atoms with Crippen molar-refractivity contribution in [3.05, 3.63) is 233 Å². The summed E-state index contributed by atoms with van der Waals surface area (Å²) in [5, 5.41) is 1.24. The number of hydrogen-bond acceptors (Lipinski definition) is 0. The van der Waals surface area contributed by atoms with Crippen molar-refractivity contribution in [1.82, 2.24) is 4.57 Å². The van der Waals surface area contributed by atoms with Gasteiger partial charge in [0, 0.05) is 11.1 Å². The monoisotopic (exact) mass is 648 g/mol. The molecule has 0 spiro atoms. The molecule has 1 heteroatoms. The van der Waals surface area contributed by atoms with E-state index < -0.39 is 0 Å². The van der Waals surface area contributed by atoms with E-state index in [-0.39, 0.29) is 0 Å². The molecule has 0 fully saturated rings. The van der Waals surface area contributed by atoms with Gasteiger partial charge in [-0.05, 0) is 104 Å². The van der Waals surface area contributed by atoms with E-state index in [0.29, 0.717) is 0 Å². The van der Waals surface area contributed by atoms with Crippen LogP contribution in [0, 0.1) is 5.92 Å². The minimum atomic E-state index is 0.924. The third-order valence-corrected chi connectivity index (χ3v) is 10.5. The molecule has 0 N–H and O–H groups in total. The molecule has 0 saturated carbocycles. The maximum absolute atomic E-state index is 2.38. The predicted molar refractivity (Wildman–Crippen MR) is 215 cm³/mol. The molecule has 51 heavy (non-hydrogen) atoms. The van der Waals surface area contributed by atoms with Gasteiger partial charge in [0.1, 0.15) is 0 Å². The van der Waals surface area contributed by atoms with Crippen LogP contribution in [0.15, 0.2) is 194 Å². The number of fused-ring (bicyclic) bond motifs is 3. The topological polar surface area (TPSA) is 4.93 Å². The van der Waals surface area contributed by atoms with Gasteiger partial charge in [0.2, 0.25) is 0 Å². The SMILES string of the molecule is C1=C2[C]1C(c1ccc(C3=Cc4ccccc4CC(c4ccccc4)=C3)cc1)=CC=C2c1ccc(-c2cc3ccccc3n2-c2ccccc2)cc1. The Bertz CT molecular complexity index is 2600. The molecule has 0 bridgehead atoms. The Morgan fingerprint density at radius 3 is 1.86 bits per heavy atom. The van der Waals surface area contributed by atoms with Crippen LogP contribution in [0.1, 0.15) is 33.4 Å². The summed E-state index contributed by atoms with van der Waals surface area (Å²) >= 11 is 0. The number of hydrogen-bond donors (Lipinski definition) is 0. The highest BCUT2D eigenvalue weighted by Crippen LogP contribution is 2.53. The average molecular weight is 649 g/mol. The van der Waals surface area contributed by atoms with Gasteiger partial charge >= 0.3 is 0 Å². The Kier molecular flexibility index (Phi) is 7.03. The van der Waals surface area contributed by atoms with Gasteiger partial charge < -0.3 is 4.57 Å². The van der Waals surface area contributed by atoms with E-state index in [9.17, 15) is 0 Å². The molecule has 1 nitrogen and oxygen atoms in total. The molecule has 3 aliphatic rings. The van der Waals surface area contributed by atoms with Gasteiger partial charge in [0.05, 0.1) is 17.1 Å². The van der Waals surface area contributed by atoms with Crippen molar-refractivity contribution in [1.29, 1.82) is 0 Å². The standard InChI is InChI=1S/C50H34N/c1-3-11-34(12-4-1)42-29-39-13-7-8-14-40(39)30-43(31-42)35-19-21-36(22-20-35)45-27-28-46(48-33-47(45)48)37-23-25-38(26-24-37)50-32-41-15-9-10-18-49(41)51(50)44-16-5-2-6-17-44/h1-28,30-33H,29H2. The molecule has 0 atom stereocenters. The van der Waals surface area contributed by atoms with Crippen LogP contribution in [0.5, 0.6) is 0 Å². The van der Waals surface area contributed by atoms with Crippen LogP contribution in [0.25, 0.3) is 56.2 Å². The van der Waals surface area contributed by atoms with E-state index >= 15 is 0 Å². The molecule has 1 radical (unpaired) electrons. The van der Waals surface area contributed by atoms with Crippen molar-refractivity contribution in [2.75, 3.05) is 0 Å². The summed E-state index contributed by atoms with van der Waals surface area (Å²) in [4.78, 5) is 0. The van der Waals surface area contributed by atoms with E-state index in [1.165, 1.54) is 95.0 Å². The Hall–Kier alpha value is -6.44. The quantitative estimate of drug-likeness (QED) is 0.169. The third kappa shape index (κ3) is 5.35. The Balaban J connectivity index is 0.936. The molecular formula is C50H34N. The van der Waals surface area contributed by atoms with Crippen LogP contribution in [0.3, 0.4) is 0 Å². The van der Waals surface area contributed by atoms with Crippen LogP contribution in [-0.4, -0.2) is 4.57 Å². The van der Waals surface area contributed by atoms with Crippen LogP contribution in [0.2, 0.25) is 0 Å². The van der Waals surface area contributed by atoms with Crippen LogP contribution < -0.4 is 0 Å². The summed E-state index contributed by atoms with van der Waals surface area (Å²) in [7, 11) is 0. The fraction of sp³-hybridized carbons (Fsp3) is 0.0200. The lowest BCUT2D eigenvalue weighted by molar-refractivity contribution is 1.13. The van der Waals surface area contributed by atoms with Crippen LogP contribution >= 0.6 is 0 Å². The van der Waals surface area contributed by atoms with E-state index in [4.69, 9.17) is 0 Å². The molecule has 0 saturated heterocycles. The fourth-order valence-corrected chi connectivity index (χ4v) is 7.78.